The van der Waals surface area contributed by atoms with Gasteiger partial charge >= 0.3 is 0 Å². The lowest BCUT2D eigenvalue weighted by Crippen LogP contribution is -2.40. The lowest BCUT2D eigenvalue weighted by molar-refractivity contribution is -0.127. The van der Waals surface area contributed by atoms with E-state index in [0.717, 1.165) is 0 Å². The Kier molecular flexibility index (Phi) is 10.9. The van der Waals surface area contributed by atoms with Crippen molar-refractivity contribution in [3.8, 4) is 0 Å². The highest BCUT2D eigenvalue weighted by Gasteiger charge is 2.22. The summed E-state index contributed by atoms with van der Waals surface area (Å²) in [6.45, 7) is -0.688. The summed E-state index contributed by atoms with van der Waals surface area (Å²) < 4.78 is 0. The summed E-state index contributed by atoms with van der Waals surface area (Å²) in [4.78, 5) is 13.5. The molecular weight excluding hydrogens is 182 g/mol. The second-order valence-electron chi connectivity index (χ2n) is 2.10. The van der Waals surface area contributed by atoms with Crippen molar-refractivity contribution in [2.24, 2.45) is 5.90 Å². The molecule has 7 heteroatoms. The van der Waals surface area contributed by atoms with E-state index in [9.17, 15) is 4.79 Å². The normalized spacial score (nSPS) is 16.5. The van der Waals surface area contributed by atoms with Crippen LogP contribution in [0.25, 0.3) is 0 Å². The Morgan fingerprint density at radius 3 is 2.08 bits per heavy atom. The van der Waals surface area contributed by atoms with Crippen LogP contribution >= 0.6 is 0 Å². The van der Waals surface area contributed by atoms with E-state index in [-0.39, 0.29) is 6.29 Å². The second-order valence-corrected chi connectivity index (χ2v) is 2.10. The van der Waals surface area contributed by atoms with Crippen LogP contribution in [-0.2, 0) is 9.63 Å². The van der Waals surface area contributed by atoms with Gasteiger partial charge in [-0.1, -0.05) is 0 Å². The van der Waals surface area contributed by atoms with E-state index in [2.05, 4.69) is 10.7 Å². The van der Waals surface area contributed by atoms with E-state index in [0.29, 0.717) is 0 Å². The van der Waals surface area contributed by atoms with Crippen LogP contribution in [0.4, 0.5) is 0 Å². The predicted octanol–water partition coefficient (Wildman–Crippen LogP) is -3.23. The molecule has 0 rings (SSSR count). The number of aliphatic hydroxyl groups excluding tert-OH is 4. The average Bonchev–Trinajstić information content (AvgIpc) is 2.15. The molecule has 0 aliphatic rings. The van der Waals surface area contributed by atoms with Gasteiger partial charge in [0, 0.05) is 0 Å². The molecule has 0 unspecified atom stereocenters. The van der Waals surface area contributed by atoms with Crippen molar-refractivity contribution in [3.63, 3.8) is 0 Å². The summed E-state index contributed by atoms with van der Waals surface area (Å²) in [5.41, 5.74) is 0. The molecule has 0 aliphatic heterocycles. The molecule has 0 spiro atoms. The summed E-state index contributed by atoms with van der Waals surface area (Å²) in [6.07, 6.45) is -4.63. The van der Waals surface area contributed by atoms with E-state index in [1.54, 1.807) is 0 Å². The summed E-state index contributed by atoms with van der Waals surface area (Å²) in [5.74, 6) is 4.35. The van der Waals surface area contributed by atoms with Gasteiger partial charge in [-0.25, -0.2) is 5.90 Å². The van der Waals surface area contributed by atoms with Crippen LogP contribution in [0.2, 0.25) is 0 Å². The van der Waals surface area contributed by atoms with Crippen molar-refractivity contribution in [1.82, 2.24) is 0 Å². The standard InChI is InChI=1S/C5H10O5.CH5NO/c6-1-3(8)5(10)4(9)2-7;1-3-2/h1,3-5,7-10H,2H2;2H2,1H3/t3-,4+,5+;/m0./s1. The van der Waals surface area contributed by atoms with Gasteiger partial charge in [0.15, 0.2) is 6.29 Å². The first kappa shape index (κ1) is 14.9. The molecule has 0 amide bonds. The molecule has 80 valence electrons. The van der Waals surface area contributed by atoms with Gasteiger partial charge < -0.3 is 30.1 Å². The zero-order chi connectivity index (χ0) is 10.9. The zero-order valence-electron chi connectivity index (χ0n) is 7.20. The molecule has 0 radical (unpaired) electrons. The monoisotopic (exact) mass is 197 g/mol. The molecule has 0 aromatic carbocycles. The lowest BCUT2D eigenvalue weighted by Gasteiger charge is -2.16. The topological polar surface area (TPSA) is 133 Å². The summed E-state index contributed by atoms with van der Waals surface area (Å²) >= 11 is 0. The van der Waals surface area contributed by atoms with Gasteiger partial charge in [0.2, 0.25) is 0 Å². The Morgan fingerprint density at radius 2 is 1.85 bits per heavy atom. The molecule has 0 bridgehead atoms. The zero-order valence-corrected chi connectivity index (χ0v) is 7.20. The van der Waals surface area contributed by atoms with E-state index in [1.165, 1.54) is 7.11 Å². The number of hydrogen-bond donors (Lipinski definition) is 5. The fourth-order valence-electron chi connectivity index (χ4n) is 0.416. The van der Waals surface area contributed by atoms with Gasteiger partial charge in [0.05, 0.1) is 13.7 Å². The van der Waals surface area contributed by atoms with Crippen LogP contribution in [-0.4, -0.2) is 58.7 Å². The van der Waals surface area contributed by atoms with Crippen LogP contribution in [0.5, 0.6) is 0 Å². The highest BCUT2D eigenvalue weighted by molar-refractivity contribution is 5.56. The van der Waals surface area contributed by atoms with Crippen molar-refractivity contribution in [1.29, 1.82) is 0 Å². The minimum Gasteiger partial charge on any atom is -0.394 e. The molecule has 6 N–H and O–H groups in total. The summed E-state index contributed by atoms with van der Waals surface area (Å²) in [7, 11) is 1.40. The number of aliphatic hydroxyl groups is 4. The van der Waals surface area contributed by atoms with Crippen molar-refractivity contribution in [3.05, 3.63) is 0 Å². The van der Waals surface area contributed by atoms with Gasteiger partial charge in [-0.2, -0.15) is 0 Å². The van der Waals surface area contributed by atoms with Gasteiger partial charge in [-0.3, -0.25) is 0 Å². The first-order chi connectivity index (χ1) is 6.04. The number of carbonyl (C=O) groups excluding carboxylic acids is 1. The van der Waals surface area contributed by atoms with Crippen LogP contribution in [0.15, 0.2) is 0 Å². The van der Waals surface area contributed by atoms with Gasteiger partial charge in [0.25, 0.3) is 0 Å². The fourth-order valence-corrected chi connectivity index (χ4v) is 0.416. The first-order valence-electron chi connectivity index (χ1n) is 3.38. The molecule has 0 aliphatic carbocycles. The quantitative estimate of drug-likeness (QED) is 0.236. The minimum atomic E-state index is -1.64. The second kappa shape index (κ2) is 9.52. The Labute approximate surface area is 75.3 Å². The maximum Gasteiger partial charge on any atom is 0.151 e. The maximum absolute atomic E-state index is 9.76. The first-order valence-corrected chi connectivity index (χ1v) is 3.38. The molecular formula is C6H15NO6. The highest BCUT2D eigenvalue weighted by Crippen LogP contribution is 1.96. The van der Waals surface area contributed by atoms with Gasteiger partial charge in [0.1, 0.15) is 18.3 Å². The highest BCUT2D eigenvalue weighted by atomic mass is 16.6. The van der Waals surface area contributed by atoms with E-state index in [1.807, 2.05) is 0 Å². The molecule has 0 fully saturated rings. The minimum absolute atomic E-state index is 0.0869. The average molecular weight is 197 g/mol. The van der Waals surface area contributed by atoms with Crippen LogP contribution in [0, 0.1) is 0 Å². The number of rotatable bonds is 4. The molecule has 0 aromatic heterocycles. The smallest absolute Gasteiger partial charge is 0.151 e. The maximum atomic E-state index is 9.76. The molecule has 7 nitrogen and oxygen atoms in total. The van der Waals surface area contributed by atoms with Crippen molar-refractivity contribution >= 4 is 6.29 Å². The Balaban J connectivity index is 0. The molecule has 0 heterocycles. The van der Waals surface area contributed by atoms with Crippen LogP contribution in [0.3, 0.4) is 0 Å². The van der Waals surface area contributed by atoms with E-state index < -0.39 is 24.9 Å². The lowest BCUT2D eigenvalue weighted by atomic mass is 10.1. The van der Waals surface area contributed by atoms with E-state index in [4.69, 9.17) is 20.4 Å². The Bertz CT molecular complexity index is 122. The molecule has 3 atom stereocenters. The summed E-state index contributed by atoms with van der Waals surface area (Å²) in [5, 5.41) is 34.1. The van der Waals surface area contributed by atoms with Crippen molar-refractivity contribution < 1.29 is 30.1 Å². The van der Waals surface area contributed by atoms with Crippen molar-refractivity contribution in [2.45, 2.75) is 18.3 Å². The third kappa shape index (κ3) is 7.78. The van der Waals surface area contributed by atoms with Gasteiger partial charge in [-0.15, -0.1) is 0 Å². The van der Waals surface area contributed by atoms with Crippen LogP contribution in [0.1, 0.15) is 0 Å². The Hall–Kier alpha value is -0.570. The third-order valence-corrected chi connectivity index (χ3v) is 1.07. The predicted molar refractivity (Wildman–Crippen MR) is 42.4 cm³/mol. The number of hydrogen-bond acceptors (Lipinski definition) is 7. The third-order valence-electron chi connectivity index (χ3n) is 1.07. The largest absolute Gasteiger partial charge is 0.394 e. The molecule has 13 heavy (non-hydrogen) atoms. The number of aldehydes is 1. The molecule has 0 saturated carbocycles. The van der Waals surface area contributed by atoms with Crippen molar-refractivity contribution in [2.75, 3.05) is 13.7 Å². The molecule has 0 aromatic rings. The van der Waals surface area contributed by atoms with Crippen LogP contribution < -0.4 is 5.90 Å². The fraction of sp³-hybridized carbons (Fsp3) is 0.833. The summed E-state index contributed by atoms with van der Waals surface area (Å²) in [6, 6.07) is 0. The number of carbonyl (C=O) groups is 1. The SMILES string of the molecule is CON.O=C[C@H](O)[C@@H](O)[C@H](O)CO. The molecule has 0 saturated heterocycles. The Morgan fingerprint density at radius 1 is 1.46 bits per heavy atom. The number of nitrogens with two attached hydrogens (primary N) is 1. The van der Waals surface area contributed by atoms with E-state index >= 15 is 0 Å². The van der Waals surface area contributed by atoms with Gasteiger partial charge in [-0.05, 0) is 0 Å².